The first-order valence-electron chi connectivity index (χ1n) is 7.56. The van der Waals surface area contributed by atoms with E-state index in [-0.39, 0.29) is 11.8 Å². The third-order valence-electron chi connectivity index (χ3n) is 3.15. The van der Waals surface area contributed by atoms with Gasteiger partial charge in [-0.15, -0.1) is 11.3 Å². The molecular weight excluding hydrogens is 286 g/mol. The lowest BCUT2D eigenvalue weighted by Crippen LogP contribution is -2.29. The highest BCUT2D eigenvalue weighted by atomic mass is 32.1. The van der Waals surface area contributed by atoms with Crippen LogP contribution in [0.15, 0.2) is 5.38 Å². The van der Waals surface area contributed by atoms with E-state index in [9.17, 15) is 9.59 Å². The lowest BCUT2D eigenvalue weighted by Gasteiger charge is -2.19. The van der Waals surface area contributed by atoms with Crippen LogP contribution in [0.2, 0.25) is 0 Å². The number of nitrogens with one attached hydrogen (secondary N) is 1. The highest BCUT2D eigenvalue weighted by molar-refractivity contribution is 7.09. The number of carbonyl (C=O) groups is 2. The first-order chi connectivity index (χ1) is 10.1. The van der Waals surface area contributed by atoms with Crippen molar-refractivity contribution in [2.75, 3.05) is 13.1 Å². The van der Waals surface area contributed by atoms with E-state index >= 15 is 0 Å². The molecule has 0 unspecified atom stereocenters. The van der Waals surface area contributed by atoms with Gasteiger partial charge in [-0.25, -0.2) is 4.98 Å². The van der Waals surface area contributed by atoms with Gasteiger partial charge in [-0.3, -0.25) is 9.59 Å². The maximum Gasteiger partial charge on any atom is 0.270 e. The van der Waals surface area contributed by atoms with Crippen LogP contribution < -0.4 is 5.32 Å². The summed E-state index contributed by atoms with van der Waals surface area (Å²) in [7, 11) is 0. The van der Waals surface area contributed by atoms with E-state index in [1.807, 2.05) is 0 Å². The average molecular weight is 311 g/mol. The van der Waals surface area contributed by atoms with Gasteiger partial charge >= 0.3 is 0 Å². The number of rotatable bonds is 9. The summed E-state index contributed by atoms with van der Waals surface area (Å²) >= 11 is 1.43. The van der Waals surface area contributed by atoms with Crippen molar-refractivity contribution in [2.24, 2.45) is 0 Å². The second-order valence-electron chi connectivity index (χ2n) is 5.03. The van der Waals surface area contributed by atoms with Crippen molar-refractivity contribution in [1.82, 2.24) is 15.2 Å². The van der Waals surface area contributed by atoms with Gasteiger partial charge in [-0.2, -0.15) is 0 Å². The van der Waals surface area contributed by atoms with Crippen LogP contribution in [0.25, 0.3) is 0 Å². The zero-order chi connectivity index (χ0) is 15.7. The number of amides is 2. The molecule has 5 nitrogen and oxygen atoms in total. The summed E-state index contributed by atoms with van der Waals surface area (Å²) < 4.78 is 0. The van der Waals surface area contributed by atoms with Crippen LogP contribution >= 0.6 is 11.3 Å². The summed E-state index contributed by atoms with van der Waals surface area (Å²) in [6.45, 7) is 7.66. The summed E-state index contributed by atoms with van der Waals surface area (Å²) in [6.07, 6.45) is 4.05. The Kier molecular flexibility index (Phi) is 7.97. The average Bonchev–Trinajstić information content (AvgIpc) is 2.92. The molecule has 2 amide bonds. The van der Waals surface area contributed by atoms with Crippen molar-refractivity contribution in [3.8, 4) is 0 Å². The first kappa shape index (κ1) is 17.6. The van der Waals surface area contributed by atoms with E-state index in [1.54, 1.807) is 17.2 Å². The van der Waals surface area contributed by atoms with Crippen molar-refractivity contribution < 1.29 is 9.59 Å². The fraction of sp³-hybridized carbons (Fsp3) is 0.667. The monoisotopic (exact) mass is 311 g/mol. The Morgan fingerprint density at radius 2 is 2.00 bits per heavy atom. The molecule has 1 N–H and O–H groups in total. The molecule has 118 valence electrons. The molecule has 0 saturated heterocycles. The summed E-state index contributed by atoms with van der Waals surface area (Å²) in [5.41, 5.74) is 0.449. The minimum atomic E-state index is -0.131. The largest absolute Gasteiger partial charge is 0.351 e. The molecule has 0 aromatic carbocycles. The quantitative estimate of drug-likeness (QED) is 0.713. The van der Waals surface area contributed by atoms with E-state index in [4.69, 9.17) is 0 Å². The first-order valence-corrected chi connectivity index (χ1v) is 8.44. The van der Waals surface area contributed by atoms with Crippen molar-refractivity contribution in [2.45, 2.75) is 53.0 Å². The number of hydrogen-bond acceptors (Lipinski definition) is 4. The Bertz CT molecular complexity index is 460. The number of carbonyl (C=O) groups excluding carboxylic acids is 2. The molecule has 0 aliphatic rings. The van der Waals surface area contributed by atoms with Crippen molar-refractivity contribution >= 4 is 23.2 Å². The van der Waals surface area contributed by atoms with Crippen molar-refractivity contribution in [3.63, 3.8) is 0 Å². The molecule has 21 heavy (non-hydrogen) atoms. The zero-order valence-corrected chi connectivity index (χ0v) is 14.0. The normalized spacial score (nSPS) is 10.4. The molecule has 0 spiro atoms. The summed E-state index contributed by atoms with van der Waals surface area (Å²) in [5, 5.41) is 5.41. The van der Waals surface area contributed by atoms with Gasteiger partial charge in [-0.1, -0.05) is 26.7 Å². The Hall–Kier alpha value is -1.43. The van der Waals surface area contributed by atoms with E-state index in [0.29, 0.717) is 18.8 Å². The Labute approximate surface area is 130 Å². The fourth-order valence-electron chi connectivity index (χ4n) is 1.82. The second-order valence-corrected chi connectivity index (χ2v) is 5.97. The summed E-state index contributed by atoms with van der Waals surface area (Å²) in [6, 6.07) is 0. The molecule has 0 aliphatic carbocycles. The predicted molar refractivity (Wildman–Crippen MR) is 85.4 cm³/mol. The molecule has 0 fully saturated rings. The number of aromatic nitrogens is 1. The summed E-state index contributed by atoms with van der Waals surface area (Å²) in [5.74, 6) is -0.0820. The Morgan fingerprint density at radius 1 is 1.29 bits per heavy atom. The van der Waals surface area contributed by atoms with Crippen molar-refractivity contribution in [3.05, 3.63) is 16.1 Å². The number of hydrogen-bond donors (Lipinski definition) is 1. The molecule has 1 heterocycles. The third kappa shape index (κ3) is 6.25. The van der Waals surface area contributed by atoms with Crippen LogP contribution in [0.3, 0.4) is 0 Å². The number of thiazole rings is 1. The van der Waals surface area contributed by atoms with E-state index in [1.165, 1.54) is 11.3 Å². The lowest BCUT2D eigenvalue weighted by atomic mass is 10.3. The minimum absolute atomic E-state index is 0.0487. The maximum atomic E-state index is 11.9. The number of nitrogens with zero attached hydrogens (tertiary/aromatic N) is 2. The molecule has 6 heteroatoms. The fourth-order valence-corrected chi connectivity index (χ4v) is 2.61. The molecule has 0 saturated carbocycles. The SMILES string of the molecule is CCCCNC(=O)c1csc(CN(CCCC)C(C)=O)n1. The molecule has 1 aromatic rings. The highest BCUT2D eigenvalue weighted by Gasteiger charge is 2.14. The number of unbranched alkanes of at least 4 members (excludes halogenated alkanes) is 2. The molecule has 0 bridgehead atoms. The molecule has 1 rings (SSSR count). The Morgan fingerprint density at radius 3 is 2.62 bits per heavy atom. The summed E-state index contributed by atoms with van der Waals surface area (Å²) in [4.78, 5) is 29.6. The smallest absolute Gasteiger partial charge is 0.270 e. The van der Waals surface area contributed by atoms with Crippen LogP contribution in [0.5, 0.6) is 0 Å². The molecule has 0 aliphatic heterocycles. The highest BCUT2D eigenvalue weighted by Crippen LogP contribution is 2.13. The van der Waals surface area contributed by atoms with Crippen LogP contribution in [0.1, 0.15) is 62.0 Å². The second kappa shape index (κ2) is 9.50. The van der Waals surface area contributed by atoms with Crippen LogP contribution in [-0.4, -0.2) is 34.8 Å². The van der Waals surface area contributed by atoms with Gasteiger partial charge in [0.2, 0.25) is 5.91 Å². The van der Waals surface area contributed by atoms with Gasteiger partial charge in [0.05, 0.1) is 6.54 Å². The van der Waals surface area contributed by atoms with Gasteiger partial charge in [0, 0.05) is 25.4 Å². The van der Waals surface area contributed by atoms with Gasteiger partial charge in [0.1, 0.15) is 10.7 Å². The Balaban J connectivity index is 2.56. The minimum Gasteiger partial charge on any atom is -0.351 e. The van der Waals surface area contributed by atoms with E-state index in [0.717, 1.165) is 37.2 Å². The topological polar surface area (TPSA) is 62.3 Å². The molecule has 0 radical (unpaired) electrons. The van der Waals surface area contributed by atoms with Gasteiger partial charge in [0.15, 0.2) is 0 Å². The van der Waals surface area contributed by atoms with Crippen LogP contribution in [-0.2, 0) is 11.3 Å². The van der Waals surface area contributed by atoms with Gasteiger partial charge < -0.3 is 10.2 Å². The third-order valence-corrected chi connectivity index (χ3v) is 3.99. The molecular formula is C15H25N3O2S. The lowest BCUT2D eigenvalue weighted by molar-refractivity contribution is -0.129. The van der Waals surface area contributed by atoms with E-state index in [2.05, 4.69) is 24.1 Å². The van der Waals surface area contributed by atoms with Gasteiger partial charge in [0.25, 0.3) is 5.91 Å². The van der Waals surface area contributed by atoms with Crippen LogP contribution in [0.4, 0.5) is 0 Å². The molecule has 1 aromatic heterocycles. The standard InChI is InChI=1S/C15H25N3O2S/c1-4-6-8-16-15(20)13-11-21-14(17-13)10-18(12(3)19)9-7-5-2/h11H,4-10H2,1-3H3,(H,16,20). The predicted octanol–water partition coefficient (Wildman–Crippen LogP) is 2.82. The zero-order valence-electron chi connectivity index (χ0n) is 13.1. The van der Waals surface area contributed by atoms with Crippen molar-refractivity contribution in [1.29, 1.82) is 0 Å². The molecule has 0 atom stereocenters. The maximum absolute atomic E-state index is 11.9. The van der Waals surface area contributed by atoms with Gasteiger partial charge in [-0.05, 0) is 12.8 Å². The van der Waals surface area contributed by atoms with Crippen LogP contribution in [0, 0.1) is 0 Å². The van der Waals surface area contributed by atoms with E-state index < -0.39 is 0 Å².